The number of aliphatic hydroxyl groups excluding tert-OH is 1. The fraction of sp³-hybridized carbons (Fsp3) is 0.455. The van der Waals surface area contributed by atoms with Crippen LogP contribution in [-0.4, -0.2) is 41.0 Å². The fourth-order valence-corrected chi connectivity index (χ4v) is 1.69. The maximum atomic E-state index is 11.6. The standard InChI is InChI=1S/C11H15NO5S/c1-18-6-7-2-3-9(17-7)10(14)12-5-4-8(13)11(15)16/h2-3,8,13H,4-6H2,1H3,(H,12,14)(H,15,16). The van der Waals surface area contributed by atoms with E-state index in [1.807, 2.05) is 6.26 Å². The fourth-order valence-electron chi connectivity index (χ4n) is 1.25. The van der Waals surface area contributed by atoms with Crippen LogP contribution in [0.3, 0.4) is 0 Å². The highest BCUT2D eigenvalue weighted by Crippen LogP contribution is 2.13. The van der Waals surface area contributed by atoms with Crippen LogP contribution in [0.2, 0.25) is 0 Å². The number of hydrogen-bond acceptors (Lipinski definition) is 5. The van der Waals surface area contributed by atoms with Gasteiger partial charge in [0.15, 0.2) is 11.9 Å². The molecule has 1 aromatic heterocycles. The summed E-state index contributed by atoms with van der Waals surface area (Å²) in [5, 5.41) is 19.9. The van der Waals surface area contributed by atoms with Gasteiger partial charge in [0, 0.05) is 13.0 Å². The predicted octanol–water partition coefficient (Wildman–Crippen LogP) is 0.708. The summed E-state index contributed by atoms with van der Waals surface area (Å²) >= 11 is 1.58. The Labute approximate surface area is 108 Å². The first-order valence-electron chi connectivity index (χ1n) is 5.31. The van der Waals surface area contributed by atoms with Crippen LogP contribution < -0.4 is 5.32 Å². The molecule has 18 heavy (non-hydrogen) atoms. The molecule has 1 rings (SSSR count). The molecule has 0 radical (unpaired) electrons. The normalized spacial score (nSPS) is 12.1. The molecule has 0 bridgehead atoms. The van der Waals surface area contributed by atoms with Crippen molar-refractivity contribution in [2.45, 2.75) is 18.3 Å². The summed E-state index contributed by atoms with van der Waals surface area (Å²) in [7, 11) is 0. The van der Waals surface area contributed by atoms with Crippen LogP contribution in [-0.2, 0) is 10.5 Å². The molecular formula is C11H15NO5S. The highest BCUT2D eigenvalue weighted by Gasteiger charge is 2.14. The van der Waals surface area contributed by atoms with Crippen LogP contribution in [0.5, 0.6) is 0 Å². The van der Waals surface area contributed by atoms with Crippen LogP contribution in [0.25, 0.3) is 0 Å². The van der Waals surface area contributed by atoms with Gasteiger partial charge in [-0.2, -0.15) is 11.8 Å². The number of carbonyl (C=O) groups is 2. The van der Waals surface area contributed by atoms with Crippen LogP contribution in [0.1, 0.15) is 22.7 Å². The van der Waals surface area contributed by atoms with Gasteiger partial charge in [-0.15, -0.1) is 0 Å². The highest BCUT2D eigenvalue weighted by atomic mass is 32.2. The van der Waals surface area contributed by atoms with Crippen LogP contribution in [0, 0.1) is 0 Å². The second-order valence-corrected chi connectivity index (χ2v) is 4.46. The van der Waals surface area contributed by atoms with Crippen molar-refractivity contribution < 1.29 is 24.2 Å². The van der Waals surface area contributed by atoms with E-state index in [0.29, 0.717) is 11.5 Å². The maximum absolute atomic E-state index is 11.6. The van der Waals surface area contributed by atoms with Crippen molar-refractivity contribution in [3.63, 3.8) is 0 Å². The Hall–Kier alpha value is -1.47. The number of aliphatic carboxylic acids is 1. The van der Waals surface area contributed by atoms with E-state index in [9.17, 15) is 9.59 Å². The van der Waals surface area contributed by atoms with Crippen molar-refractivity contribution in [2.75, 3.05) is 12.8 Å². The molecule has 1 atom stereocenters. The summed E-state index contributed by atoms with van der Waals surface area (Å²) in [5.74, 6) is -0.142. The number of carboxylic acid groups (broad SMARTS) is 1. The van der Waals surface area contributed by atoms with Crippen molar-refractivity contribution >= 4 is 23.6 Å². The number of carboxylic acids is 1. The molecule has 0 aliphatic carbocycles. The monoisotopic (exact) mass is 273 g/mol. The van der Waals surface area contributed by atoms with Gasteiger partial charge in [0.05, 0.1) is 5.75 Å². The number of furan rings is 1. The number of aliphatic hydroxyl groups is 1. The number of nitrogens with one attached hydrogen (secondary N) is 1. The number of hydrogen-bond donors (Lipinski definition) is 3. The van der Waals surface area contributed by atoms with E-state index >= 15 is 0 Å². The average Bonchev–Trinajstić information content (AvgIpc) is 2.77. The summed E-state index contributed by atoms with van der Waals surface area (Å²) in [6.45, 7) is 0.0743. The molecule has 1 aromatic rings. The molecule has 0 aromatic carbocycles. The zero-order chi connectivity index (χ0) is 13.5. The van der Waals surface area contributed by atoms with E-state index in [1.54, 1.807) is 23.9 Å². The quantitative estimate of drug-likeness (QED) is 0.676. The van der Waals surface area contributed by atoms with E-state index in [4.69, 9.17) is 14.6 Å². The minimum absolute atomic E-state index is 0.0422. The summed E-state index contributed by atoms with van der Waals surface area (Å²) in [6, 6.07) is 3.28. The Morgan fingerprint density at radius 1 is 1.50 bits per heavy atom. The Kier molecular flexibility index (Phi) is 5.73. The van der Waals surface area contributed by atoms with Gasteiger partial charge >= 0.3 is 5.97 Å². The summed E-state index contributed by atoms with van der Waals surface area (Å²) in [6.07, 6.45) is 0.420. The minimum atomic E-state index is -1.46. The molecule has 0 saturated carbocycles. The van der Waals surface area contributed by atoms with Gasteiger partial charge in [-0.25, -0.2) is 4.79 Å². The largest absolute Gasteiger partial charge is 0.479 e. The molecule has 0 aliphatic heterocycles. The third-order valence-electron chi connectivity index (χ3n) is 2.16. The highest BCUT2D eigenvalue weighted by molar-refractivity contribution is 7.97. The molecule has 7 heteroatoms. The van der Waals surface area contributed by atoms with Crippen LogP contribution in [0.4, 0.5) is 0 Å². The molecule has 6 nitrogen and oxygen atoms in total. The van der Waals surface area contributed by atoms with Gasteiger partial charge in [-0.05, 0) is 18.4 Å². The van der Waals surface area contributed by atoms with Gasteiger partial charge in [0.25, 0.3) is 5.91 Å². The lowest BCUT2D eigenvalue weighted by atomic mass is 10.2. The molecule has 0 fully saturated rings. The van der Waals surface area contributed by atoms with Gasteiger partial charge in [-0.1, -0.05) is 0 Å². The molecular weight excluding hydrogens is 258 g/mol. The molecule has 100 valence electrons. The van der Waals surface area contributed by atoms with Gasteiger partial charge < -0.3 is 19.9 Å². The first kappa shape index (κ1) is 14.6. The van der Waals surface area contributed by atoms with Crippen molar-refractivity contribution in [3.05, 3.63) is 23.7 Å². The van der Waals surface area contributed by atoms with Crippen molar-refractivity contribution in [2.24, 2.45) is 0 Å². The molecule has 0 saturated heterocycles. The summed E-state index contributed by atoms with van der Waals surface area (Å²) in [5.41, 5.74) is 0. The zero-order valence-corrected chi connectivity index (χ0v) is 10.7. The predicted molar refractivity (Wildman–Crippen MR) is 66.5 cm³/mol. The van der Waals surface area contributed by atoms with E-state index < -0.39 is 18.0 Å². The van der Waals surface area contributed by atoms with Gasteiger partial charge in [0.2, 0.25) is 0 Å². The Bertz CT molecular complexity index is 417. The van der Waals surface area contributed by atoms with E-state index in [1.165, 1.54) is 0 Å². The minimum Gasteiger partial charge on any atom is -0.479 e. The number of thioether (sulfide) groups is 1. The van der Waals surface area contributed by atoms with Crippen LogP contribution >= 0.6 is 11.8 Å². The SMILES string of the molecule is CSCc1ccc(C(=O)NCCC(O)C(=O)O)o1. The first-order chi connectivity index (χ1) is 8.54. The van der Waals surface area contributed by atoms with Crippen molar-refractivity contribution in [1.29, 1.82) is 0 Å². The lowest BCUT2D eigenvalue weighted by Crippen LogP contribution is -2.29. The van der Waals surface area contributed by atoms with E-state index in [-0.39, 0.29) is 18.7 Å². The molecule has 1 amide bonds. The van der Waals surface area contributed by atoms with Gasteiger partial charge in [0.1, 0.15) is 5.76 Å². The Balaban J connectivity index is 2.38. The molecule has 0 spiro atoms. The second kappa shape index (κ2) is 7.07. The third kappa shape index (κ3) is 4.42. The molecule has 0 aliphatic rings. The Morgan fingerprint density at radius 3 is 2.83 bits per heavy atom. The van der Waals surface area contributed by atoms with Crippen molar-refractivity contribution in [3.8, 4) is 0 Å². The molecule has 1 heterocycles. The van der Waals surface area contributed by atoms with Crippen molar-refractivity contribution in [1.82, 2.24) is 5.32 Å². The molecule has 3 N–H and O–H groups in total. The lowest BCUT2D eigenvalue weighted by Gasteiger charge is -2.05. The zero-order valence-electron chi connectivity index (χ0n) is 9.88. The van der Waals surface area contributed by atoms with Crippen LogP contribution in [0.15, 0.2) is 16.5 Å². The summed E-state index contributed by atoms with van der Waals surface area (Å²) in [4.78, 5) is 21.9. The topological polar surface area (TPSA) is 99.8 Å². The van der Waals surface area contributed by atoms with E-state index in [0.717, 1.165) is 0 Å². The first-order valence-corrected chi connectivity index (χ1v) is 6.70. The van der Waals surface area contributed by atoms with E-state index in [2.05, 4.69) is 5.32 Å². The average molecular weight is 273 g/mol. The second-order valence-electron chi connectivity index (χ2n) is 3.60. The smallest absolute Gasteiger partial charge is 0.332 e. The number of amides is 1. The Morgan fingerprint density at radius 2 is 2.22 bits per heavy atom. The lowest BCUT2D eigenvalue weighted by molar-refractivity contribution is -0.146. The molecule has 1 unspecified atom stereocenters. The third-order valence-corrected chi connectivity index (χ3v) is 2.73. The number of carbonyl (C=O) groups excluding carboxylic acids is 1. The number of rotatable bonds is 7. The summed E-state index contributed by atoms with van der Waals surface area (Å²) < 4.78 is 5.28. The van der Waals surface area contributed by atoms with Gasteiger partial charge in [-0.3, -0.25) is 4.79 Å². The maximum Gasteiger partial charge on any atom is 0.332 e.